The number of hydrogen-bond acceptors (Lipinski definition) is 5. The lowest BCUT2D eigenvalue weighted by atomic mass is 10.0. The number of amides is 1. The summed E-state index contributed by atoms with van der Waals surface area (Å²) in [4.78, 5) is 26.1. The van der Waals surface area contributed by atoms with Crippen molar-refractivity contribution in [2.45, 2.75) is 6.92 Å². The number of ether oxygens (including phenoxy) is 1. The Labute approximate surface area is 172 Å². The summed E-state index contributed by atoms with van der Waals surface area (Å²) < 4.78 is 4.95. The Morgan fingerprint density at radius 3 is 2.28 bits per heavy atom. The molecule has 0 atom stereocenters. The number of methoxy groups -OCH3 is 1. The van der Waals surface area contributed by atoms with Gasteiger partial charge in [0.15, 0.2) is 0 Å². The van der Waals surface area contributed by atoms with Gasteiger partial charge in [0.2, 0.25) is 0 Å². The molecule has 1 N–H and O–H groups in total. The van der Waals surface area contributed by atoms with Crippen molar-refractivity contribution in [1.82, 2.24) is 0 Å². The summed E-state index contributed by atoms with van der Waals surface area (Å²) >= 11 is 1.27. The average molecular weight is 402 g/mol. The van der Waals surface area contributed by atoms with Gasteiger partial charge in [0.25, 0.3) is 5.91 Å². The first-order valence-corrected chi connectivity index (χ1v) is 9.62. The summed E-state index contributed by atoms with van der Waals surface area (Å²) in [5.41, 5.74) is 2.52. The van der Waals surface area contributed by atoms with Gasteiger partial charge < -0.3 is 10.1 Å². The molecule has 29 heavy (non-hydrogen) atoms. The zero-order valence-electron chi connectivity index (χ0n) is 15.9. The SMILES string of the molecule is COC(=O)c1c(NC(=O)C(C#N)=Cc2ccccc2)sc(C)c1-c1ccccc1. The molecular weight excluding hydrogens is 384 g/mol. The van der Waals surface area contributed by atoms with E-state index in [2.05, 4.69) is 5.32 Å². The number of hydrogen-bond donors (Lipinski definition) is 1. The summed E-state index contributed by atoms with van der Waals surface area (Å²) in [5, 5.41) is 12.5. The van der Waals surface area contributed by atoms with Crippen molar-refractivity contribution in [2.75, 3.05) is 12.4 Å². The molecule has 3 aromatic rings. The first-order valence-electron chi connectivity index (χ1n) is 8.80. The largest absolute Gasteiger partial charge is 0.465 e. The standard InChI is InChI=1S/C23H18N2O3S/c1-15-19(17-11-7-4-8-12-17)20(23(27)28-2)22(29-15)25-21(26)18(14-24)13-16-9-5-3-6-10-16/h3-13H,1-2H3,(H,25,26). The molecule has 0 aliphatic heterocycles. The van der Waals surface area contributed by atoms with E-state index in [-0.39, 0.29) is 11.1 Å². The van der Waals surface area contributed by atoms with Gasteiger partial charge in [0.05, 0.1) is 7.11 Å². The van der Waals surface area contributed by atoms with Crippen LogP contribution in [-0.4, -0.2) is 19.0 Å². The van der Waals surface area contributed by atoms with Gasteiger partial charge in [-0.1, -0.05) is 60.7 Å². The van der Waals surface area contributed by atoms with Gasteiger partial charge in [-0.15, -0.1) is 11.3 Å². The van der Waals surface area contributed by atoms with E-state index >= 15 is 0 Å². The molecule has 0 aliphatic carbocycles. The Hall–Kier alpha value is -3.69. The van der Waals surface area contributed by atoms with Crippen LogP contribution in [0.1, 0.15) is 20.8 Å². The molecule has 6 heteroatoms. The van der Waals surface area contributed by atoms with E-state index in [1.165, 1.54) is 24.5 Å². The first-order chi connectivity index (χ1) is 14.0. The molecule has 0 saturated carbocycles. The Kier molecular flexibility index (Phi) is 6.22. The number of carbonyl (C=O) groups is 2. The fraction of sp³-hybridized carbons (Fsp3) is 0.0870. The molecule has 0 aliphatic rings. The molecule has 3 rings (SSSR count). The van der Waals surface area contributed by atoms with E-state index in [0.29, 0.717) is 10.6 Å². The maximum atomic E-state index is 12.7. The lowest BCUT2D eigenvalue weighted by molar-refractivity contribution is -0.112. The van der Waals surface area contributed by atoms with Crippen molar-refractivity contribution in [3.05, 3.63) is 82.2 Å². The normalized spacial score (nSPS) is 10.9. The quantitative estimate of drug-likeness (QED) is 0.368. The highest BCUT2D eigenvalue weighted by atomic mass is 32.1. The number of anilines is 1. The number of carbonyl (C=O) groups excluding carboxylic acids is 2. The van der Waals surface area contributed by atoms with Crippen molar-refractivity contribution in [3.63, 3.8) is 0 Å². The topological polar surface area (TPSA) is 79.2 Å². The molecule has 1 heterocycles. The van der Waals surface area contributed by atoms with E-state index in [1.807, 2.05) is 61.5 Å². The highest BCUT2D eigenvalue weighted by Crippen LogP contribution is 2.40. The van der Waals surface area contributed by atoms with Crippen molar-refractivity contribution < 1.29 is 14.3 Å². The maximum Gasteiger partial charge on any atom is 0.341 e. The van der Waals surface area contributed by atoms with Gasteiger partial charge >= 0.3 is 5.97 Å². The maximum absolute atomic E-state index is 12.7. The Morgan fingerprint density at radius 2 is 1.69 bits per heavy atom. The smallest absolute Gasteiger partial charge is 0.341 e. The highest BCUT2D eigenvalue weighted by molar-refractivity contribution is 7.17. The van der Waals surface area contributed by atoms with E-state index in [0.717, 1.165) is 16.0 Å². The molecule has 0 fully saturated rings. The molecule has 0 unspecified atom stereocenters. The monoisotopic (exact) mass is 402 g/mol. The van der Waals surface area contributed by atoms with Crippen molar-refractivity contribution in [2.24, 2.45) is 0 Å². The molecule has 0 radical (unpaired) electrons. The number of benzene rings is 2. The molecule has 144 valence electrons. The van der Waals surface area contributed by atoms with Crippen LogP contribution in [-0.2, 0) is 9.53 Å². The predicted molar refractivity (Wildman–Crippen MR) is 114 cm³/mol. The lowest BCUT2D eigenvalue weighted by Gasteiger charge is -2.08. The third-order valence-electron chi connectivity index (χ3n) is 4.24. The van der Waals surface area contributed by atoms with Crippen LogP contribution in [0.5, 0.6) is 0 Å². The zero-order chi connectivity index (χ0) is 20.8. The second-order valence-corrected chi connectivity index (χ2v) is 7.35. The third-order valence-corrected chi connectivity index (χ3v) is 5.26. The van der Waals surface area contributed by atoms with Gasteiger partial charge in [-0.3, -0.25) is 4.79 Å². The number of rotatable bonds is 5. The minimum absolute atomic E-state index is 0.0562. The zero-order valence-corrected chi connectivity index (χ0v) is 16.7. The molecule has 1 aromatic heterocycles. The molecule has 1 amide bonds. The van der Waals surface area contributed by atoms with E-state index in [9.17, 15) is 14.9 Å². The van der Waals surface area contributed by atoms with Gasteiger partial charge in [0, 0.05) is 10.4 Å². The van der Waals surface area contributed by atoms with Crippen LogP contribution in [0.25, 0.3) is 17.2 Å². The Morgan fingerprint density at radius 1 is 1.07 bits per heavy atom. The van der Waals surface area contributed by atoms with Gasteiger partial charge in [-0.25, -0.2) is 4.79 Å². The van der Waals surface area contributed by atoms with Gasteiger partial charge in [-0.2, -0.15) is 5.26 Å². The summed E-state index contributed by atoms with van der Waals surface area (Å²) in [6.07, 6.45) is 1.51. The third kappa shape index (κ3) is 4.42. The summed E-state index contributed by atoms with van der Waals surface area (Å²) in [7, 11) is 1.30. The highest BCUT2D eigenvalue weighted by Gasteiger charge is 2.25. The second-order valence-electron chi connectivity index (χ2n) is 6.13. The molecule has 0 spiro atoms. The summed E-state index contributed by atoms with van der Waals surface area (Å²) in [6.45, 7) is 1.88. The molecule has 0 bridgehead atoms. The van der Waals surface area contributed by atoms with Crippen molar-refractivity contribution in [3.8, 4) is 17.2 Å². The molecule has 2 aromatic carbocycles. The molecule has 5 nitrogen and oxygen atoms in total. The van der Waals surface area contributed by atoms with Crippen molar-refractivity contribution >= 4 is 34.3 Å². The lowest BCUT2D eigenvalue weighted by Crippen LogP contribution is -2.15. The fourth-order valence-corrected chi connectivity index (χ4v) is 3.98. The van der Waals surface area contributed by atoms with Gasteiger partial charge in [0.1, 0.15) is 22.2 Å². The van der Waals surface area contributed by atoms with Crippen molar-refractivity contribution in [1.29, 1.82) is 5.26 Å². The predicted octanol–water partition coefficient (Wildman–Crippen LogP) is 5.06. The number of aryl methyl sites for hydroxylation is 1. The van der Waals surface area contributed by atoms with Crippen LogP contribution in [0, 0.1) is 18.3 Å². The summed E-state index contributed by atoms with van der Waals surface area (Å²) in [5.74, 6) is -1.13. The minimum Gasteiger partial charge on any atom is -0.465 e. The fourth-order valence-electron chi connectivity index (χ4n) is 2.92. The summed E-state index contributed by atoms with van der Waals surface area (Å²) in [6, 6.07) is 20.4. The van der Waals surface area contributed by atoms with E-state index < -0.39 is 11.9 Å². The van der Waals surface area contributed by atoms with E-state index in [4.69, 9.17) is 4.74 Å². The van der Waals surface area contributed by atoms with Crippen LogP contribution in [0.15, 0.2) is 66.2 Å². The van der Waals surface area contributed by atoms with Crippen LogP contribution in [0.3, 0.4) is 0 Å². The number of nitrogens with zero attached hydrogens (tertiary/aromatic N) is 1. The Bertz CT molecular complexity index is 1110. The number of nitriles is 1. The average Bonchev–Trinajstić information content (AvgIpc) is 3.08. The Balaban J connectivity index is 2.01. The number of nitrogens with one attached hydrogen (secondary N) is 1. The molecular formula is C23H18N2O3S. The van der Waals surface area contributed by atoms with Crippen LogP contribution < -0.4 is 5.32 Å². The minimum atomic E-state index is -0.581. The second kappa shape index (κ2) is 9.00. The van der Waals surface area contributed by atoms with Crippen LogP contribution in [0.4, 0.5) is 5.00 Å². The number of esters is 1. The molecule has 0 saturated heterocycles. The first kappa shape index (κ1) is 20.1. The van der Waals surface area contributed by atoms with Gasteiger partial charge in [-0.05, 0) is 24.1 Å². The van der Waals surface area contributed by atoms with Crippen LogP contribution >= 0.6 is 11.3 Å². The number of thiophene rings is 1. The van der Waals surface area contributed by atoms with Crippen LogP contribution in [0.2, 0.25) is 0 Å². The van der Waals surface area contributed by atoms with E-state index in [1.54, 1.807) is 12.1 Å².